The highest BCUT2D eigenvalue weighted by Gasteiger charge is 2.34. The largest absolute Gasteiger partial charge is 0.418 e. The Morgan fingerprint density at radius 2 is 1.11 bits per heavy atom. The van der Waals surface area contributed by atoms with Crippen LogP contribution < -0.4 is 33.1 Å². The van der Waals surface area contributed by atoms with Gasteiger partial charge in [-0.2, -0.15) is 26.3 Å². The number of pyridine rings is 4. The van der Waals surface area contributed by atoms with Crippen LogP contribution in [0.2, 0.25) is 0 Å². The van der Waals surface area contributed by atoms with Crippen molar-refractivity contribution in [2.24, 2.45) is 14.1 Å². The zero-order chi connectivity index (χ0) is 58.7. The van der Waals surface area contributed by atoms with E-state index in [0.29, 0.717) is 17.3 Å². The van der Waals surface area contributed by atoms with Crippen LogP contribution in [0.1, 0.15) is 45.4 Å². The van der Waals surface area contributed by atoms with Crippen LogP contribution in [-0.4, -0.2) is 79.9 Å². The number of H-pyrrole nitrogens is 1. The van der Waals surface area contributed by atoms with Crippen molar-refractivity contribution in [3.8, 4) is 22.5 Å². The number of nitrogens with zero attached hydrogens (tertiary/aromatic N) is 13. The SMILES string of the molecule is Cc1cc(CCl)no1.Cc1cc(Cn2c(=O)c3c(ncn3CC(=O)Nc3cccc(-c4cnc(C)c(C(F)(F)F)c4)n3)n(C)c2=O)no1.Cc1ncc(-c2cccc(NC(=O)Cn3cnc4c3c(=O)[nH]c(=O)n4C)n2)cc1C(F)(F)F. The van der Waals surface area contributed by atoms with Crippen LogP contribution in [0.4, 0.5) is 38.0 Å². The highest BCUT2D eigenvalue weighted by molar-refractivity contribution is 6.16. The molecule has 0 spiro atoms. The first-order chi connectivity index (χ1) is 38.3. The number of aromatic amines is 1. The third-order valence-electron chi connectivity index (χ3n) is 11.8. The Bertz CT molecular complexity index is 4270. The van der Waals surface area contributed by atoms with E-state index in [1.807, 2.05) is 13.0 Å². The van der Waals surface area contributed by atoms with Crippen molar-refractivity contribution in [1.82, 2.24) is 68.0 Å². The first-order valence-corrected chi connectivity index (χ1v) is 24.1. The molecule has 420 valence electrons. The second kappa shape index (κ2) is 23.2. The van der Waals surface area contributed by atoms with Gasteiger partial charge in [-0.3, -0.25) is 47.8 Å². The smallest absolute Gasteiger partial charge is 0.361 e. The van der Waals surface area contributed by atoms with Gasteiger partial charge in [0, 0.05) is 61.1 Å². The molecule has 0 aliphatic heterocycles. The summed E-state index contributed by atoms with van der Waals surface area (Å²) in [6.07, 6.45) is -4.09. The van der Waals surface area contributed by atoms with E-state index < -0.39 is 57.8 Å². The van der Waals surface area contributed by atoms with Gasteiger partial charge in [0.25, 0.3) is 11.1 Å². The van der Waals surface area contributed by atoms with E-state index in [1.54, 1.807) is 13.0 Å². The van der Waals surface area contributed by atoms with Crippen LogP contribution in [0.3, 0.4) is 0 Å². The fourth-order valence-corrected chi connectivity index (χ4v) is 8.07. The van der Waals surface area contributed by atoms with E-state index in [0.717, 1.165) is 32.7 Å². The lowest BCUT2D eigenvalue weighted by Crippen LogP contribution is -2.40. The molecule has 0 saturated carbocycles. The molecular weight excluding hydrogens is 1100 g/mol. The minimum atomic E-state index is -4.58. The highest BCUT2D eigenvalue weighted by atomic mass is 35.5. The fraction of sp³-hybridized carbons (Fsp3) is 0.240. The van der Waals surface area contributed by atoms with Crippen LogP contribution in [0.5, 0.6) is 0 Å². The second-order valence-corrected chi connectivity index (χ2v) is 18.0. The van der Waals surface area contributed by atoms with E-state index >= 15 is 0 Å². The minimum absolute atomic E-state index is 0.0181. The number of carbonyl (C=O) groups excluding carboxylic acids is 2. The van der Waals surface area contributed by atoms with E-state index in [-0.39, 0.29) is 87.5 Å². The molecule has 0 fully saturated rings. The lowest BCUT2D eigenvalue weighted by molar-refractivity contribution is -0.139. The summed E-state index contributed by atoms with van der Waals surface area (Å²) >= 11 is 5.42. The Morgan fingerprint density at radius 3 is 1.56 bits per heavy atom. The zero-order valence-electron chi connectivity index (χ0n) is 43.1. The van der Waals surface area contributed by atoms with Crippen molar-refractivity contribution in [2.75, 3.05) is 10.6 Å². The van der Waals surface area contributed by atoms with Crippen LogP contribution >= 0.6 is 11.6 Å². The molecule has 0 saturated heterocycles. The Kier molecular flexibility index (Phi) is 16.4. The van der Waals surface area contributed by atoms with Gasteiger partial charge in [-0.05, 0) is 64.1 Å². The van der Waals surface area contributed by atoms with Crippen molar-refractivity contribution in [3.63, 3.8) is 0 Å². The van der Waals surface area contributed by atoms with Crippen molar-refractivity contribution >= 4 is 57.4 Å². The van der Waals surface area contributed by atoms with E-state index in [1.165, 1.54) is 103 Å². The molecule has 3 N–H and O–H groups in total. The maximum Gasteiger partial charge on any atom is 0.418 e. The Morgan fingerprint density at radius 1 is 0.642 bits per heavy atom. The number of hydrogen-bond acceptors (Lipinski definition) is 16. The number of aryl methyl sites for hydroxylation is 6. The minimum Gasteiger partial charge on any atom is -0.361 e. The summed E-state index contributed by atoms with van der Waals surface area (Å²) in [6.45, 7) is 5.23. The molecule has 0 unspecified atom stereocenters. The average molecular weight is 1150 g/mol. The predicted octanol–water partition coefficient (Wildman–Crippen LogP) is 6.23. The summed E-state index contributed by atoms with van der Waals surface area (Å²) in [5.41, 5.74) is -2.65. The quantitative estimate of drug-likeness (QED) is 0.0955. The predicted molar refractivity (Wildman–Crippen MR) is 278 cm³/mol. The summed E-state index contributed by atoms with van der Waals surface area (Å²) in [7, 11) is 2.88. The lowest BCUT2D eigenvalue weighted by Gasteiger charge is -2.12. The topological polar surface area (TPSA) is 296 Å². The standard InChI is InChI=1S/C25H21F3N8O4.C20H16F3N7O3.C5H6ClNO/c1-13-7-16(33-40-13)10-36-23(38)21-22(34(3)24(36)39)30-12-35(21)11-20(37)32-19-6-4-5-18(31-19)15-8-17(25(26,27)28)14(2)29-9-15;1-10-12(20(21,22)23)6-11(7-24-10)13-4-3-5-14(26-13)27-15(31)8-30-9-25-17-16(30)18(32)28-19(33)29(17)2;1-4-2-5(3-6)7-8-4/h4-9,12H,10-11H2,1-3H3,(H,31,32,37);3-7,9H,8H2,1-2H3,(H,26,27,31)(H,28,32,33);2H,3H2,1H3. The van der Waals surface area contributed by atoms with Gasteiger partial charge in [0.15, 0.2) is 22.3 Å². The number of anilines is 2. The van der Waals surface area contributed by atoms with E-state index in [9.17, 15) is 55.1 Å². The molecular formula is C50H43ClF6N16O8. The molecule has 10 aromatic heterocycles. The molecule has 0 aromatic carbocycles. The molecule has 0 aliphatic carbocycles. The molecule has 0 atom stereocenters. The van der Waals surface area contributed by atoms with Gasteiger partial charge in [-0.15, -0.1) is 11.6 Å². The molecule has 0 radical (unpaired) electrons. The maximum absolute atomic E-state index is 13.3. The number of hydrogen-bond donors (Lipinski definition) is 3. The summed E-state index contributed by atoms with van der Waals surface area (Å²) in [6, 6.07) is 14.3. The van der Waals surface area contributed by atoms with Crippen LogP contribution in [0, 0.1) is 27.7 Å². The van der Waals surface area contributed by atoms with Gasteiger partial charge in [-0.25, -0.2) is 29.5 Å². The molecule has 2 amide bonds. The fourth-order valence-electron chi connectivity index (χ4n) is 7.95. The highest BCUT2D eigenvalue weighted by Crippen LogP contribution is 2.35. The monoisotopic (exact) mass is 1140 g/mol. The summed E-state index contributed by atoms with van der Waals surface area (Å²) in [4.78, 5) is 102. The molecule has 0 aliphatic rings. The summed E-state index contributed by atoms with van der Waals surface area (Å²) in [5.74, 6) is 0.765. The number of aromatic nitrogens is 14. The first kappa shape index (κ1) is 57.3. The number of rotatable bonds is 11. The number of fused-ring (bicyclic) bond motifs is 2. The number of amides is 2. The first-order valence-electron chi connectivity index (χ1n) is 23.6. The number of alkyl halides is 7. The molecule has 10 aromatic rings. The number of halogens is 7. The van der Waals surface area contributed by atoms with Crippen molar-refractivity contribution in [2.45, 2.75) is 65.6 Å². The van der Waals surface area contributed by atoms with E-state index in [4.69, 9.17) is 20.6 Å². The van der Waals surface area contributed by atoms with Gasteiger partial charge in [0.05, 0.1) is 53.3 Å². The lowest BCUT2D eigenvalue weighted by atomic mass is 10.1. The Balaban J connectivity index is 0.000000189. The van der Waals surface area contributed by atoms with Gasteiger partial charge in [0.2, 0.25) is 11.8 Å². The molecule has 10 rings (SSSR count). The summed E-state index contributed by atoms with van der Waals surface area (Å²) in [5, 5.41) is 12.6. The third kappa shape index (κ3) is 13.0. The molecule has 24 nitrogen and oxygen atoms in total. The van der Waals surface area contributed by atoms with Gasteiger partial charge < -0.3 is 28.8 Å². The average Bonchev–Trinajstić information content (AvgIpc) is 4.43. The number of carbonyl (C=O) groups is 2. The van der Waals surface area contributed by atoms with Crippen molar-refractivity contribution < 1.29 is 45.0 Å². The summed E-state index contributed by atoms with van der Waals surface area (Å²) < 4.78 is 95.1. The Hall–Kier alpha value is -9.87. The van der Waals surface area contributed by atoms with E-state index in [2.05, 4.69) is 55.8 Å². The number of imidazole rings is 2. The van der Waals surface area contributed by atoms with Crippen LogP contribution in [-0.2, 0) is 61.6 Å². The van der Waals surface area contributed by atoms with Crippen LogP contribution in [0.15, 0.2) is 114 Å². The Labute approximate surface area is 454 Å². The van der Waals surface area contributed by atoms with Crippen molar-refractivity contribution in [3.05, 3.63) is 173 Å². The van der Waals surface area contributed by atoms with Crippen molar-refractivity contribution in [1.29, 1.82) is 0 Å². The third-order valence-corrected chi connectivity index (χ3v) is 12.1. The number of nitrogens with one attached hydrogen (secondary N) is 3. The molecule has 81 heavy (non-hydrogen) atoms. The maximum atomic E-state index is 13.3. The molecule has 10 heterocycles. The van der Waals surface area contributed by atoms with Gasteiger partial charge in [-0.1, -0.05) is 22.4 Å². The molecule has 31 heteroatoms. The van der Waals surface area contributed by atoms with Crippen LogP contribution in [0.25, 0.3) is 44.8 Å². The van der Waals surface area contributed by atoms with Gasteiger partial charge >= 0.3 is 23.7 Å². The zero-order valence-corrected chi connectivity index (χ0v) is 43.9. The second-order valence-electron chi connectivity index (χ2n) is 17.8. The van der Waals surface area contributed by atoms with Gasteiger partial charge in [0.1, 0.15) is 41.9 Å². The molecule has 0 bridgehead atoms. The normalized spacial score (nSPS) is 11.5.